The smallest absolute Gasteiger partial charge is 0.216 e. The molecule has 86 valence electrons. The van der Waals surface area contributed by atoms with Crippen LogP contribution in [0.1, 0.15) is 23.0 Å². The Kier molecular flexibility index (Phi) is 3.00. The Morgan fingerprint density at radius 3 is 2.88 bits per heavy atom. The van der Waals surface area contributed by atoms with Gasteiger partial charge in [-0.2, -0.15) is 0 Å². The number of oxazole rings is 1. The zero-order valence-corrected chi connectivity index (χ0v) is 9.47. The lowest BCUT2D eigenvalue weighted by atomic mass is 10.3. The summed E-state index contributed by atoms with van der Waals surface area (Å²) in [7, 11) is 0. The van der Waals surface area contributed by atoms with Gasteiger partial charge < -0.3 is 10.2 Å². The van der Waals surface area contributed by atoms with Gasteiger partial charge in [-0.1, -0.05) is 5.21 Å². The van der Waals surface area contributed by atoms with E-state index in [9.17, 15) is 0 Å². The second-order valence-corrected chi connectivity index (χ2v) is 3.70. The zero-order valence-electron chi connectivity index (χ0n) is 9.47. The summed E-state index contributed by atoms with van der Waals surface area (Å²) in [5, 5.41) is 7.97. The molecule has 0 aliphatic carbocycles. The Hall–Kier alpha value is -1.69. The molecule has 0 spiro atoms. The first-order chi connectivity index (χ1) is 7.69. The molecule has 16 heavy (non-hydrogen) atoms. The number of hydrogen-bond acceptors (Lipinski definition) is 5. The topological polar surface area (TPSA) is 82.8 Å². The molecule has 0 atom stereocenters. The van der Waals surface area contributed by atoms with Gasteiger partial charge in [0, 0.05) is 12.6 Å². The van der Waals surface area contributed by atoms with Crippen LogP contribution in [0.4, 0.5) is 0 Å². The molecule has 2 aromatic heterocycles. The third-order valence-corrected chi connectivity index (χ3v) is 2.36. The van der Waals surface area contributed by atoms with Gasteiger partial charge >= 0.3 is 0 Å². The number of nitrogens with zero attached hydrogens (tertiary/aromatic N) is 4. The molecule has 0 bridgehead atoms. The molecule has 0 aliphatic rings. The first kappa shape index (κ1) is 10.8. The number of hydrogen-bond donors (Lipinski definition) is 1. The van der Waals surface area contributed by atoms with Crippen molar-refractivity contribution in [2.75, 3.05) is 6.54 Å². The van der Waals surface area contributed by atoms with Gasteiger partial charge in [0.1, 0.15) is 12.3 Å². The van der Waals surface area contributed by atoms with E-state index in [0.717, 1.165) is 23.6 Å². The van der Waals surface area contributed by atoms with E-state index < -0.39 is 0 Å². The predicted molar refractivity (Wildman–Crippen MR) is 57.9 cm³/mol. The molecule has 0 aromatic carbocycles. The van der Waals surface area contributed by atoms with Crippen LogP contribution >= 0.6 is 0 Å². The van der Waals surface area contributed by atoms with Gasteiger partial charge in [-0.3, -0.25) is 0 Å². The highest BCUT2D eigenvalue weighted by Crippen LogP contribution is 2.09. The molecular weight excluding hydrogens is 206 g/mol. The number of aromatic nitrogens is 4. The summed E-state index contributed by atoms with van der Waals surface area (Å²) in [4.78, 5) is 4.28. The van der Waals surface area contributed by atoms with Crippen LogP contribution < -0.4 is 5.73 Å². The first-order valence-corrected chi connectivity index (χ1v) is 5.21. The van der Waals surface area contributed by atoms with E-state index in [0.29, 0.717) is 19.0 Å². The molecule has 0 unspecified atom stereocenters. The van der Waals surface area contributed by atoms with Gasteiger partial charge in [-0.15, -0.1) is 5.10 Å². The Labute approximate surface area is 93.5 Å². The van der Waals surface area contributed by atoms with Crippen molar-refractivity contribution < 1.29 is 4.42 Å². The fourth-order valence-corrected chi connectivity index (χ4v) is 1.42. The lowest BCUT2D eigenvalue weighted by Crippen LogP contribution is -2.03. The summed E-state index contributed by atoms with van der Waals surface area (Å²) in [5.41, 5.74) is 7.24. The summed E-state index contributed by atoms with van der Waals surface area (Å²) < 4.78 is 7.17. The van der Waals surface area contributed by atoms with Crippen LogP contribution in [0.25, 0.3) is 0 Å². The summed E-state index contributed by atoms with van der Waals surface area (Å²) >= 11 is 0. The van der Waals surface area contributed by atoms with Crippen molar-refractivity contribution in [1.29, 1.82) is 0 Å². The average Bonchev–Trinajstić information content (AvgIpc) is 2.77. The monoisotopic (exact) mass is 221 g/mol. The first-order valence-electron chi connectivity index (χ1n) is 5.21. The van der Waals surface area contributed by atoms with Crippen LogP contribution in [-0.4, -0.2) is 26.5 Å². The van der Waals surface area contributed by atoms with Crippen LogP contribution in [0.5, 0.6) is 0 Å². The maximum Gasteiger partial charge on any atom is 0.216 e. The molecule has 2 heterocycles. The standard InChI is InChI=1S/C10H15N5O/c1-7-8(2)16-10(12-7)6-15-5-9(3-4-11)13-14-15/h5H,3-4,6,11H2,1-2H3. The quantitative estimate of drug-likeness (QED) is 0.809. The van der Waals surface area contributed by atoms with E-state index in [1.54, 1.807) is 4.68 Å². The van der Waals surface area contributed by atoms with Crippen LogP contribution in [0, 0.1) is 13.8 Å². The average molecular weight is 221 g/mol. The third kappa shape index (κ3) is 2.27. The van der Waals surface area contributed by atoms with Crippen molar-refractivity contribution in [2.45, 2.75) is 26.8 Å². The molecule has 0 saturated heterocycles. The van der Waals surface area contributed by atoms with Crippen LogP contribution in [0.2, 0.25) is 0 Å². The van der Waals surface area contributed by atoms with Gasteiger partial charge in [0.15, 0.2) is 0 Å². The fourth-order valence-electron chi connectivity index (χ4n) is 1.42. The lowest BCUT2D eigenvalue weighted by Gasteiger charge is -1.93. The van der Waals surface area contributed by atoms with Gasteiger partial charge in [0.25, 0.3) is 0 Å². The molecule has 6 nitrogen and oxygen atoms in total. The van der Waals surface area contributed by atoms with E-state index in [1.165, 1.54) is 0 Å². The zero-order chi connectivity index (χ0) is 11.5. The van der Waals surface area contributed by atoms with Crippen LogP contribution in [-0.2, 0) is 13.0 Å². The minimum atomic E-state index is 0.506. The maximum absolute atomic E-state index is 5.46. The Bertz CT molecular complexity index is 454. The van der Waals surface area contributed by atoms with E-state index >= 15 is 0 Å². The van der Waals surface area contributed by atoms with Crippen molar-refractivity contribution in [1.82, 2.24) is 20.0 Å². The maximum atomic E-state index is 5.46. The minimum Gasteiger partial charge on any atom is -0.444 e. The van der Waals surface area contributed by atoms with E-state index in [1.807, 2.05) is 20.0 Å². The van der Waals surface area contributed by atoms with Gasteiger partial charge in [-0.25, -0.2) is 9.67 Å². The highest BCUT2D eigenvalue weighted by molar-refractivity contribution is 5.05. The van der Waals surface area contributed by atoms with Crippen molar-refractivity contribution in [3.63, 3.8) is 0 Å². The molecule has 0 aliphatic heterocycles. The molecule has 0 saturated carbocycles. The summed E-state index contributed by atoms with van der Waals surface area (Å²) in [6.07, 6.45) is 2.60. The van der Waals surface area contributed by atoms with E-state index in [2.05, 4.69) is 15.3 Å². The largest absolute Gasteiger partial charge is 0.444 e. The third-order valence-electron chi connectivity index (χ3n) is 2.36. The second kappa shape index (κ2) is 4.44. The summed E-state index contributed by atoms with van der Waals surface area (Å²) in [6.45, 7) is 4.90. The van der Waals surface area contributed by atoms with E-state index in [4.69, 9.17) is 10.2 Å². The molecule has 0 fully saturated rings. The number of nitrogens with two attached hydrogens (primary N) is 1. The van der Waals surface area contributed by atoms with Crippen LogP contribution in [0.15, 0.2) is 10.6 Å². The summed E-state index contributed by atoms with van der Waals surface area (Å²) in [5.74, 6) is 1.50. The number of rotatable bonds is 4. The Balaban J connectivity index is 2.08. The van der Waals surface area contributed by atoms with Crippen molar-refractivity contribution >= 4 is 0 Å². The Morgan fingerprint density at radius 1 is 1.44 bits per heavy atom. The SMILES string of the molecule is Cc1nc(Cn2cc(CCN)nn2)oc1C. The molecular formula is C10H15N5O. The minimum absolute atomic E-state index is 0.506. The van der Waals surface area contributed by atoms with Crippen molar-refractivity contribution in [2.24, 2.45) is 5.73 Å². The molecule has 2 N–H and O–H groups in total. The molecule has 6 heteroatoms. The Morgan fingerprint density at radius 2 is 2.25 bits per heavy atom. The number of aryl methyl sites for hydroxylation is 2. The molecule has 2 rings (SSSR count). The predicted octanol–water partition coefficient (Wildman–Crippen LogP) is 0.432. The van der Waals surface area contributed by atoms with Gasteiger partial charge in [0.05, 0.1) is 11.4 Å². The van der Waals surface area contributed by atoms with Crippen LogP contribution in [0.3, 0.4) is 0 Å². The van der Waals surface area contributed by atoms with Gasteiger partial charge in [0.2, 0.25) is 5.89 Å². The highest BCUT2D eigenvalue weighted by atomic mass is 16.4. The van der Waals surface area contributed by atoms with E-state index in [-0.39, 0.29) is 0 Å². The summed E-state index contributed by atoms with van der Waals surface area (Å²) in [6, 6.07) is 0. The van der Waals surface area contributed by atoms with Gasteiger partial charge in [-0.05, 0) is 20.4 Å². The van der Waals surface area contributed by atoms with Crippen molar-refractivity contribution in [3.8, 4) is 0 Å². The fraction of sp³-hybridized carbons (Fsp3) is 0.500. The van der Waals surface area contributed by atoms with Crippen molar-refractivity contribution in [3.05, 3.63) is 29.2 Å². The lowest BCUT2D eigenvalue weighted by molar-refractivity contribution is 0.442. The normalized spacial score (nSPS) is 10.9. The molecule has 0 amide bonds. The second-order valence-electron chi connectivity index (χ2n) is 3.70. The molecule has 2 aromatic rings. The molecule has 0 radical (unpaired) electrons. The highest BCUT2D eigenvalue weighted by Gasteiger charge is 2.07.